The first-order valence-corrected chi connectivity index (χ1v) is 6.20. The van der Waals surface area contributed by atoms with Crippen molar-refractivity contribution in [3.8, 4) is 0 Å². The predicted octanol–water partition coefficient (Wildman–Crippen LogP) is 3.83. The molecule has 0 amide bonds. The van der Waals surface area contributed by atoms with Crippen LogP contribution in [-0.4, -0.2) is 18.5 Å². The fourth-order valence-corrected chi connectivity index (χ4v) is 1.47. The molecule has 98 valence electrons. The maximum absolute atomic E-state index is 2.99. The molecule has 0 fully saturated rings. The molecule has 0 bridgehead atoms. The first-order chi connectivity index (χ1) is 8.39. The minimum absolute atomic E-state index is 0. The standard InChI is InChI=1S/C6H11N.2C5H5.Fe/c1-7-5-3-2-4-6-7;2*1-2-4-5-3-1;/h3,5H,2,4,6H2,1H3;2*1-3H,4H2;/q;2*-1;+2. The molecule has 0 saturated heterocycles. The van der Waals surface area contributed by atoms with Gasteiger partial charge in [0.25, 0.3) is 0 Å². The van der Waals surface area contributed by atoms with E-state index in [1.807, 2.05) is 24.3 Å². The Labute approximate surface area is 122 Å². The molecule has 0 aromatic heterocycles. The molecule has 3 aliphatic rings. The van der Waals surface area contributed by atoms with Gasteiger partial charge in [-0.25, -0.2) is 24.3 Å². The first kappa shape index (κ1) is 17.0. The molecule has 0 atom stereocenters. The molecule has 0 aromatic carbocycles. The molecule has 18 heavy (non-hydrogen) atoms. The van der Waals surface area contributed by atoms with Gasteiger partial charge in [0.15, 0.2) is 0 Å². The van der Waals surface area contributed by atoms with Crippen LogP contribution in [0.15, 0.2) is 48.7 Å². The van der Waals surface area contributed by atoms with Crippen molar-refractivity contribution < 1.29 is 17.1 Å². The Morgan fingerprint density at radius 1 is 0.944 bits per heavy atom. The van der Waals surface area contributed by atoms with E-state index >= 15 is 0 Å². The van der Waals surface area contributed by atoms with E-state index in [9.17, 15) is 0 Å². The van der Waals surface area contributed by atoms with Crippen molar-refractivity contribution in [2.75, 3.05) is 13.6 Å². The van der Waals surface area contributed by atoms with Gasteiger partial charge in [0.2, 0.25) is 0 Å². The summed E-state index contributed by atoms with van der Waals surface area (Å²) in [6.07, 6.45) is 26.9. The Kier molecular flexibility index (Phi) is 11.8. The quantitative estimate of drug-likeness (QED) is 0.482. The molecule has 2 heteroatoms. The van der Waals surface area contributed by atoms with Gasteiger partial charge in [-0.1, -0.05) is 6.08 Å². The summed E-state index contributed by atoms with van der Waals surface area (Å²) in [4.78, 5) is 2.21. The van der Waals surface area contributed by atoms with E-state index in [1.165, 1.54) is 19.4 Å². The molecule has 3 rings (SSSR count). The van der Waals surface area contributed by atoms with E-state index in [0.29, 0.717) is 0 Å². The molecule has 2 aliphatic carbocycles. The van der Waals surface area contributed by atoms with E-state index in [4.69, 9.17) is 0 Å². The SMILES string of the molecule is CN1C=CCCC1.[C-]1=CC=CC1.[C-]1=CC=CC1.[Fe+2]. The molecule has 0 N–H and O–H groups in total. The molecule has 0 spiro atoms. The van der Waals surface area contributed by atoms with Crippen LogP contribution >= 0.6 is 0 Å². The van der Waals surface area contributed by atoms with E-state index < -0.39 is 0 Å². The van der Waals surface area contributed by atoms with Crippen LogP contribution in [0.3, 0.4) is 0 Å². The molecule has 0 radical (unpaired) electrons. The molecule has 1 aliphatic heterocycles. The van der Waals surface area contributed by atoms with Crippen molar-refractivity contribution >= 4 is 0 Å². The third kappa shape index (κ3) is 10.2. The van der Waals surface area contributed by atoms with Crippen molar-refractivity contribution in [3.05, 3.63) is 60.9 Å². The topological polar surface area (TPSA) is 3.24 Å². The van der Waals surface area contributed by atoms with Crippen molar-refractivity contribution in [3.63, 3.8) is 0 Å². The molecular formula is C16H21FeN. The van der Waals surface area contributed by atoms with E-state index in [0.717, 1.165) is 12.8 Å². The summed E-state index contributed by atoms with van der Waals surface area (Å²) in [6.45, 7) is 1.23. The summed E-state index contributed by atoms with van der Waals surface area (Å²) in [5, 5.41) is 0. The zero-order valence-corrected chi connectivity index (χ0v) is 12.1. The molecule has 1 heterocycles. The largest absolute Gasteiger partial charge is 2.00 e. The van der Waals surface area contributed by atoms with E-state index in [2.05, 4.69) is 48.5 Å². The third-order valence-electron chi connectivity index (χ3n) is 2.41. The Balaban J connectivity index is 0.000000239. The second-order valence-corrected chi connectivity index (χ2v) is 4.01. The number of allylic oxidation sites excluding steroid dienone is 9. The fourth-order valence-electron chi connectivity index (χ4n) is 1.47. The third-order valence-corrected chi connectivity index (χ3v) is 2.41. The average molecular weight is 283 g/mol. The van der Waals surface area contributed by atoms with Crippen molar-refractivity contribution in [2.24, 2.45) is 0 Å². The molecular weight excluding hydrogens is 262 g/mol. The Hall–Kier alpha value is -0.981. The van der Waals surface area contributed by atoms with Crippen LogP contribution in [0.2, 0.25) is 0 Å². The van der Waals surface area contributed by atoms with Crippen LogP contribution in [0.5, 0.6) is 0 Å². The van der Waals surface area contributed by atoms with Gasteiger partial charge in [0.05, 0.1) is 0 Å². The van der Waals surface area contributed by atoms with Crippen LogP contribution in [0.4, 0.5) is 0 Å². The van der Waals surface area contributed by atoms with Gasteiger partial charge in [0.1, 0.15) is 0 Å². The van der Waals surface area contributed by atoms with Gasteiger partial charge < -0.3 is 4.90 Å². The summed E-state index contributed by atoms with van der Waals surface area (Å²) in [7, 11) is 2.11. The summed E-state index contributed by atoms with van der Waals surface area (Å²) >= 11 is 0. The normalized spacial score (nSPS) is 17.7. The maximum atomic E-state index is 2.99. The van der Waals surface area contributed by atoms with E-state index in [1.54, 1.807) is 0 Å². The maximum Gasteiger partial charge on any atom is 2.00 e. The van der Waals surface area contributed by atoms with Gasteiger partial charge in [0, 0.05) is 13.6 Å². The van der Waals surface area contributed by atoms with Crippen LogP contribution in [-0.2, 0) is 17.1 Å². The van der Waals surface area contributed by atoms with E-state index in [-0.39, 0.29) is 17.1 Å². The van der Waals surface area contributed by atoms with Gasteiger partial charge in [-0.3, -0.25) is 12.2 Å². The van der Waals surface area contributed by atoms with Gasteiger partial charge in [-0.2, -0.15) is 12.2 Å². The number of hydrogen-bond donors (Lipinski definition) is 0. The van der Waals surface area contributed by atoms with Gasteiger partial charge >= 0.3 is 17.1 Å². The second-order valence-electron chi connectivity index (χ2n) is 4.01. The number of nitrogens with zero attached hydrogens (tertiary/aromatic N) is 1. The molecule has 1 nitrogen and oxygen atoms in total. The molecule has 0 aromatic rings. The summed E-state index contributed by atoms with van der Waals surface area (Å²) in [6, 6.07) is 0. The van der Waals surface area contributed by atoms with Crippen LogP contribution in [0.25, 0.3) is 0 Å². The van der Waals surface area contributed by atoms with Gasteiger partial charge in [-0.15, -0.1) is 12.8 Å². The van der Waals surface area contributed by atoms with Crippen LogP contribution in [0, 0.1) is 12.2 Å². The van der Waals surface area contributed by atoms with Crippen LogP contribution in [0.1, 0.15) is 25.7 Å². The smallest absolute Gasteiger partial charge is 0.381 e. The summed E-state index contributed by atoms with van der Waals surface area (Å²) in [5.74, 6) is 0. The number of hydrogen-bond acceptors (Lipinski definition) is 1. The summed E-state index contributed by atoms with van der Waals surface area (Å²) in [5.41, 5.74) is 0. The van der Waals surface area contributed by atoms with Crippen LogP contribution < -0.4 is 0 Å². The number of rotatable bonds is 0. The Morgan fingerprint density at radius 2 is 1.56 bits per heavy atom. The monoisotopic (exact) mass is 283 g/mol. The minimum Gasteiger partial charge on any atom is -0.381 e. The zero-order valence-electron chi connectivity index (χ0n) is 11.0. The Bertz CT molecular complexity index is 282. The Morgan fingerprint density at radius 3 is 1.72 bits per heavy atom. The average Bonchev–Trinajstić information content (AvgIpc) is 3.09. The molecule has 0 saturated carbocycles. The van der Waals surface area contributed by atoms with Gasteiger partial charge in [-0.05, 0) is 19.0 Å². The van der Waals surface area contributed by atoms with Crippen molar-refractivity contribution in [1.29, 1.82) is 0 Å². The van der Waals surface area contributed by atoms with Crippen molar-refractivity contribution in [2.45, 2.75) is 25.7 Å². The minimum atomic E-state index is 0. The zero-order chi connectivity index (χ0) is 12.2. The first-order valence-electron chi connectivity index (χ1n) is 6.20. The summed E-state index contributed by atoms with van der Waals surface area (Å²) < 4.78 is 0. The molecule has 0 unspecified atom stereocenters. The fraction of sp³-hybridized carbons (Fsp3) is 0.375. The van der Waals surface area contributed by atoms with Crippen molar-refractivity contribution in [1.82, 2.24) is 4.90 Å². The second kappa shape index (κ2) is 12.5. The predicted molar refractivity (Wildman–Crippen MR) is 74.1 cm³/mol.